The molecule has 0 spiro atoms. The lowest BCUT2D eigenvalue weighted by atomic mass is 9.96. The van der Waals surface area contributed by atoms with Crippen molar-refractivity contribution in [1.82, 2.24) is 5.43 Å². The fourth-order valence-electron chi connectivity index (χ4n) is 3.81. The molecule has 1 aromatic rings. The Morgan fingerprint density at radius 2 is 1.67 bits per heavy atom. The molecule has 1 N–H and O–H groups in total. The van der Waals surface area contributed by atoms with Gasteiger partial charge in [0.1, 0.15) is 0 Å². The van der Waals surface area contributed by atoms with E-state index in [-0.39, 0.29) is 6.04 Å². The SMILES string of the molecule is CC1=C(C)C(C)=C(CC(NN=C2CCCCC2)c2ccccc2)C1. The minimum atomic E-state index is 0.268. The summed E-state index contributed by atoms with van der Waals surface area (Å²) in [4.78, 5) is 0. The molecule has 2 aliphatic rings. The molecule has 0 aliphatic heterocycles. The topological polar surface area (TPSA) is 24.4 Å². The molecule has 2 nitrogen and oxygen atoms in total. The number of hydrogen-bond acceptors (Lipinski definition) is 2. The van der Waals surface area contributed by atoms with E-state index < -0.39 is 0 Å². The van der Waals surface area contributed by atoms with E-state index in [1.165, 1.54) is 47.3 Å². The maximum atomic E-state index is 4.80. The zero-order valence-corrected chi connectivity index (χ0v) is 15.4. The Morgan fingerprint density at radius 1 is 0.958 bits per heavy atom. The lowest BCUT2D eigenvalue weighted by Crippen LogP contribution is -2.20. The summed E-state index contributed by atoms with van der Waals surface area (Å²) in [5, 5.41) is 4.80. The number of hydrogen-bond donors (Lipinski definition) is 1. The summed E-state index contributed by atoms with van der Waals surface area (Å²) >= 11 is 0. The normalized spacial score (nSPS) is 19.7. The van der Waals surface area contributed by atoms with Crippen LogP contribution < -0.4 is 5.43 Å². The zero-order chi connectivity index (χ0) is 16.9. The third-order valence-electron chi connectivity index (χ3n) is 5.67. The lowest BCUT2D eigenvalue weighted by Gasteiger charge is -2.21. The predicted octanol–water partition coefficient (Wildman–Crippen LogP) is 6.08. The van der Waals surface area contributed by atoms with Gasteiger partial charge in [0, 0.05) is 5.71 Å². The standard InChI is InChI=1S/C22H30N2/c1-16-14-20(18(3)17(16)2)15-22(19-10-6-4-7-11-19)24-23-21-12-8-5-9-13-21/h4,6-7,10-11,22,24H,5,8-9,12-15H2,1-3H3. The van der Waals surface area contributed by atoms with Crippen molar-refractivity contribution in [3.63, 3.8) is 0 Å². The molecule has 0 bridgehead atoms. The van der Waals surface area contributed by atoms with Gasteiger partial charge in [-0.25, -0.2) is 0 Å². The van der Waals surface area contributed by atoms with E-state index in [0.29, 0.717) is 0 Å². The van der Waals surface area contributed by atoms with Gasteiger partial charge in [0.2, 0.25) is 0 Å². The van der Waals surface area contributed by atoms with E-state index in [1.807, 2.05) is 0 Å². The van der Waals surface area contributed by atoms with Crippen molar-refractivity contribution in [2.75, 3.05) is 0 Å². The Kier molecular flexibility index (Phi) is 5.55. The first kappa shape index (κ1) is 17.0. The van der Waals surface area contributed by atoms with Gasteiger partial charge in [0.25, 0.3) is 0 Å². The number of benzene rings is 1. The van der Waals surface area contributed by atoms with Gasteiger partial charge in [0.15, 0.2) is 0 Å². The van der Waals surface area contributed by atoms with E-state index in [2.05, 4.69) is 56.5 Å². The summed E-state index contributed by atoms with van der Waals surface area (Å²) in [6.07, 6.45) is 8.44. The van der Waals surface area contributed by atoms with Crippen molar-refractivity contribution in [2.45, 2.75) is 71.8 Å². The van der Waals surface area contributed by atoms with Crippen molar-refractivity contribution in [3.8, 4) is 0 Å². The molecule has 0 aromatic heterocycles. The van der Waals surface area contributed by atoms with E-state index in [0.717, 1.165) is 25.7 Å². The Bertz CT molecular complexity index is 656. The van der Waals surface area contributed by atoms with Gasteiger partial charge >= 0.3 is 0 Å². The maximum absolute atomic E-state index is 4.80. The minimum absolute atomic E-state index is 0.268. The number of nitrogens with one attached hydrogen (secondary N) is 1. The average molecular weight is 322 g/mol. The maximum Gasteiger partial charge on any atom is 0.0726 e. The van der Waals surface area contributed by atoms with Gasteiger partial charge < -0.3 is 5.43 Å². The van der Waals surface area contributed by atoms with Crippen LogP contribution in [0.2, 0.25) is 0 Å². The molecule has 2 aliphatic carbocycles. The molecule has 128 valence electrons. The van der Waals surface area contributed by atoms with Crippen LogP contribution in [0.5, 0.6) is 0 Å². The van der Waals surface area contributed by atoms with Crippen LogP contribution in [0.15, 0.2) is 57.7 Å². The molecule has 3 rings (SSSR count). The fraction of sp³-hybridized carbons (Fsp3) is 0.500. The van der Waals surface area contributed by atoms with Gasteiger partial charge in [-0.15, -0.1) is 0 Å². The monoisotopic (exact) mass is 322 g/mol. The molecule has 0 amide bonds. The second kappa shape index (κ2) is 7.83. The highest BCUT2D eigenvalue weighted by atomic mass is 15.3. The van der Waals surface area contributed by atoms with Crippen LogP contribution in [-0.2, 0) is 0 Å². The summed E-state index contributed by atoms with van der Waals surface area (Å²) in [7, 11) is 0. The van der Waals surface area contributed by atoms with Crippen LogP contribution in [0, 0.1) is 0 Å². The molecule has 0 saturated heterocycles. The molecule has 1 fully saturated rings. The fourth-order valence-corrected chi connectivity index (χ4v) is 3.81. The van der Waals surface area contributed by atoms with Crippen LogP contribution in [0.3, 0.4) is 0 Å². The first-order chi connectivity index (χ1) is 11.6. The molecule has 1 saturated carbocycles. The molecule has 24 heavy (non-hydrogen) atoms. The number of allylic oxidation sites excluding steroid dienone is 3. The van der Waals surface area contributed by atoms with Crippen molar-refractivity contribution < 1.29 is 0 Å². The summed E-state index contributed by atoms with van der Waals surface area (Å²) in [6.45, 7) is 6.79. The van der Waals surface area contributed by atoms with Gasteiger partial charge in [-0.05, 0) is 76.0 Å². The van der Waals surface area contributed by atoms with Crippen molar-refractivity contribution >= 4 is 5.71 Å². The molecule has 1 atom stereocenters. The van der Waals surface area contributed by atoms with Crippen LogP contribution in [0.4, 0.5) is 0 Å². The molecular formula is C22H30N2. The van der Waals surface area contributed by atoms with Crippen LogP contribution in [0.1, 0.15) is 77.3 Å². The summed E-state index contributed by atoms with van der Waals surface area (Å²) in [5.74, 6) is 0. The number of nitrogens with zero attached hydrogens (tertiary/aromatic N) is 1. The lowest BCUT2D eigenvalue weighted by molar-refractivity contribution is 0.539. The number of rotatable bonds is 5. The number of hydrazone groups is 1. The predicted molar refractivity (Wildman–Crippen MR) is 103 cm³/mol. The van der Waals surface area contributed by atoms with Gasteiger partial charge in [-0.3, -0.25) is 0 Å². The highest BCUT2D eigenvalue weighted by molar-refractivity contribution is 5.84. The molecule has 0 heterocycles. The first-order valence-electron chi connectivity index (χ1n) is 9.36. The van der Waals surface area contributed by atoms with Crippen LogP contribution in [0.25, 0.3) is 0 Å². The van der Waals surface area contributed by atoms with E-state index in [1.54, 1.807) is 5.57 Å². The molecule has 1 aromatic carbocycles. The Hall–Kier alpha value is -1.83. The third-order valence-corrected chi connectivity index (χ3v) is 5.67. The Balaban J connectivity index is 1.76. The second-order valence-electron chi connectivity index (χ2n) is 7.35. The smallest absolute Gasteiger partial charge is 0.0726 e. The Labute approximate surface area is 146 Å². The summed E-state index contributed by atoms with van der Waals surface area (Å²) in [5.41, 5.74) is 12.3. The first-order valence-corrected chi connectivity index (χ1v) is 9.36. The average Bonchev–Trinajstić information content (AvgIpc) is 2.87. The van der Waals surface area contributed by atoms with Crippen molar-refractivity contribution in [1.29, 1.82) is 0 Å². The molecular weight excluding hydrogens is 292 g/mol. The Morgan fingerprint density at radius 3 is 2.29 bits per heavy atom. The van der Waals surface area contributed by atoms with Crippen molar-refractivity contribution in [3.05, 3.63) is 58.2 Å². The quantitative estimate of drug-likeness (QED) is 0.652. The molecule has 2 heteroatoms. The van der Waals surface area contributed by atoms with Gasteiger partial charge in [-0.1, -0.05) is 47.9 Å². The highest BCUT2D eigenvalue weighted by Crippen LogP contribution is 2.36. The van der Waals surface area contributed by atoms with Gasteiger partial charge in [-0.2, -0.15) is 5.10 Å². The largest absolute Gasteiger partial charge is 0.302 e. The molecule has 1 unspecified atom stereocenters. The van der Waals surface area contributed by atoms with Crippen LogP contribution >= 0.6 is 0 Å². The third kappa shape index (κ3) is 3.98. The van der Waals surface area contributed by atoms with Crippen molar-refractivity contribution in [2.24, 2.45) is 5.10 Å². The van der Waals surface area contributed by atoms with E-state index in [9.17, 15) is 0 Å². The van der Waals surface area contributed by atoms with E-state index >= 15 is 0 Å². The summed E-state index contributed by atoms with van der Waals surface area (Å²) in [6, 6.07) is 11.0. The summed E-state index contributed by atoms with van der Waals surface area (Å²) < 4.78 is 0. The minimum Gasteiger partial charge on any atom is -0.302 e. The zero-order valence-electron chi connectivity index (χ0n) is 15.4. The van der Waals surface area contributed by atoms with Crippen LogP contribution in [-0.4, -0.2) is 5.71 Å². The molecule has 0 radical (unpaired) electrons. The second-order valence-corrected chi connectivity index (χ2v) is 7.35. The van der Waals surface area contributed by atoms with E-state index in [4.69, 9.17) is 5.10 Å². The highest BCUT2D eigenvalue weighted by Gasteiger charge is 2.20. The van der Waals surface area contributed by atoms with Gasteiger partial charge in [0.05, 0.1) is 6.04 Å².